The van der Waals surface area contributed by atoms with E-state index in [2.05, 4.69) is 32.6 Å². The molecule has 1 fully saturated rings. The molecule has 1 saturated carbocycles. The van der Waals surface area contributed by atoms with Gasteiger partial charge in [-0.3, -0.25) is 4.79 Å². The smallest absolute Gasteiger partial charge is 0.155 e. The zero-order valence-corrected chi connectivity index (χ0v) is 11.9. The molecular formula is C12H13IN4O. The molecule has 3 rings (SSSR count). The number of aromatic nitrogens is 3. The lowest BCUT2D eigenvalue weighted by atomic mass is 9.94. The summed E-state index contributed by atoms with van der Waals surface area (Å²) in [5.41, 5.74) is 6.65. The van der Waals surface area contributed by atoms with Gasteiger partial charge in [0, 0.05) is 16.2 Å². The van der Waals surface area contributed by atoms with Gasteiger partial charge in [-0.05, 0) is 35.4 Å². The second-order valence-corrected chi connectivity index (χ2v) is 5.73. The molecule has 0 bridgehead atoms. The van der Waals surface area contributed by atoms with Crippen molar-refractivity contribution < 1.29 is 4.79 Å². The second kappa shape index (κ2) is 4.49. The molecule has 94 valence electrons. The first kappa shape index (κ1) is 11.9. The van der Waals surface area contributed by atoms with Gasteiger partial charge < -0.3 is 10.3 Å². The van der Waals surface area contributed by atoms with Crippen LogP contribution in [0.2, 0.25) is 0 Å². The third kappa shape index (κ3) is 1.79. The van der Waals surface area contributed by atoms with Gasteiger partial charge in [-0.15, -0.1) is 0 Å². The highest BCUT2D eigenvalue weighted by Gasteiger charge is 2.26. The number of carbonyl (C=O) groups excluding carboxylic acids is 1. The van der Waals surface area contributed by atoms with Crippen LogP contribution in [-0.4, -0.2) is 20.3 Å². The van der Waals surface area contributed by atoms with E-state index in [0.29, 0.717) is 18.0 Å². The van der Waals surface area contributed by atoms with Crippen LogP contribution in [0.1, 0.15) is 31.7 Å². The number of anilines is 1. The zero-order chi connectivity index (χ0) is 12.7. The molecule has 0 aromatic carbocycles. The van der Waals surface area contributed by atoms with E-state index in [9.17, 15) is 4.79 Å². The number of Topliss-reactive ketones (excluding diaryl/α,β-unsaturated/α-hetero) is 1. The predicted molar refractivity (Wildman–Crippen MR) is 77.2 cm³/mol. The first-order valence-corrected chi connectivity index (χ1v) is 7.05. The lowest BCUT2D eigenvalue weighted by Gasteiger charge is -2.22. The molecule has 2 heterocycles. The van der Waals surface area contributed by atoms with Crippen molar-refractivity contribution in [2.45, 2.75) is 31.7 Å². The van der Waals surface area contributed by atoms with Gasteiger partial charge in [-0.1, -0.05) is 6.42 Å². The molecule has 6 heteroatoms. The van der Waals surface area contributed by atoms with Gasteiger partial charge in [0.1, 0.15) is 17.8 Å². The molecule has 1 aliphatic rings. The monoisotopic (exact) mass is 356 g/mol. The van der Waals surface area contributed by atoms with E-state index in [0.717, 1.165) is 33.9 Å². The third-order valence-corrected chi connectivity index (χ3v) is 4.27. The second-order valence-electron chi connectivity index (χ2n) is 4.57. The normalized spacial score (nSPS) is 20.5. The fourth-order valence-corrected chi connectivity index (χ4v) is 3.38. The summed E-state index contributed by atoms with van der Waals surface area (Å²) in [6.07, 6.45) is 7.07. The summed E-state index contributed by atoms with van der Waals surface area (Å²) in [6.45, 7) is 0. The topological polar surface area (TPSA) is 73.8 Å². The summed E-state index contributed by atoms with van der Waals surface area (Å²) in [5.74, 6) is 0.776. The summed E-state index contributed by atoms with van der Waals surface area (Å²) in [5, 5.41) is 0.858. The molecule has 0 radical (unpaired) electrons. The highest BCUT2D eigenvalue weighted by atomic mass is 127. The number of fused-ring (bicyclic) bond motifs is 1. The molecule has 2 aromatic rings. The van der Waals surface area contributed by atoms with E-state index < -0.39 is 0 Å². The van der Waals surface area contributed by atoms with E-state index in [1.807, 2.05) is 10.8 Å². The van der Waals surface area contributed by atoms with Crippen LogP contribution in [0.15, 0.2) is 12.5 Å². The fraction of sp³-hybridized carbons (Fsp3) is 0.417. The summed E-state index contributed by atoms with van der Waals surface area (Å²) < 4.78 is 2.97. The minimum absolute atomic E-state index is 0.0842. The van der Waals surface area contributed by atoms with Crippen molar-refractivity contribution in [2.75, 3.05) is 5.73 Å². The number of ketones is 1. The van der Waals surface area contributed by atoms with Crippen LogP contribution in [0.4, 0.5) is 5.82 Å². The van der Waals surface area contributed by atoms with E-state index in [4.69, 9.17) is 5.73 Å². The van der Waals surface area contributed by atoms with Crippen molar-refractivity contribution in [2.24, 2.45) is 0 Å². The Kier molecular flexibility index (Phi) is 2.96. The number of halogens is 1. The number of hydrogen-bond donors (Lipinski definition) is 1. The lowest BCUT2D eigenvalue weighted by Crippen LogP contribution is -2.22. The molecule has 0 spiro atoms. The van der Waals surface area contributed by atoms with Crippen LogP contribution in [0.25, 0.3) is 11.0 Å². The van der Waals surface area contributed by atoms with Gasteiger partial charge in [-0.25, -0.2) is 9.97 Å². The summed E-state index contributed by atoms with van der Waals surface area (Å²) in [7, 11) is 0. The Morgan fingerprint density at radius 3 is 3.00 bits per heavy atom. The van der Waals surface area contributed by atoms with Crippen molar-refractivity contribution in [1.29, 1.82) is 0 Å². The Labute approximate surface area is 118 Å². The maximum atomic E-state index is 12.0. The Morgan fingerprint density at radius 1 is 1.39 bits per heavy atom. The summed E-state index contributed by atoms with van der Waals surface area (Å²) >= 11 is 2.22. The van der Waals surface area contributed by atoms with Gasteiger partial charge >= 0.3 is 0 Å². The van der Waals surface area contributed by atoms with Gasteiger partial charge in [-0.2, -0.15) is 0 Å². The molecule has 5 nitrogen and oxygen atoms in total. The van der Waals surface area contributed by atoms with Crippen molar-refractivity contribution in [3.8, 4) is 0 Å². The number of hydrogen-bond acceptors (Lipinski definition) is 4. The van der Waals surface area contributed by atoms with E-state index in [1.54, 1.807) is 0 Å². The predicted octanol–water partition coefficient (Wildman–Crippen LogP) is 2.30. The molecule has 2 aromatic heterocycles. The van der Waals surface area contributed by atoms with Crippen molar-refractivity contribution in [3.63, 3.8) is 0 Å². The molecule has 18 heavy (non-hydrogen) atoms. The first-order chi connectivity index (χ1) is 8.68. The number of nitrogens with two attached hydrogens (primary N) is 1. The largest absolute Gasteiger partial charge is 0.383 e. The van der Waals surface area contributed by atoms with Crippen LogP contribution in [0.3, 0.4) is 0 Å². The number of nitrogens with zero attached hydrogens (tertiary/aromatic N) is 3. The van der Waals surface area contributed by atoms with Crippen molar-refractivity contribution in [1.82, 2.24) is 14.5 Å². The lowest BCUT2D eigenvalue weighted by molar-refractivity contribution is -0.123. The Morgan fingerprint density at radius 2 is 2.22 bits per heavy atom. The van der Waals surface area contributed by atoms with Gasteiger partial charge in [0.25, 0.3) is 0 Å². The maximum Gasteiger partial charge on any atom is 0.155 e. The minimum Gasteiger partial charge on any atom is -0.383 e. The summed E-state index contributed by atoms with van der Waals surface area (Å²) in [6, 6.07) is -0.0842. The van der Waals surface area contributed by atoms with Crippen LogP contribution < -0.4 is 5.73 Å². The van der Waals surface area contributed by atoms with E-state index >= 15 is 0 Å². The molecule has 0 aliphatic heterocycles. The minimum atomic E-state index is -0.0842. The number of rotatable bonds is 1. The molecule has 0 saturated heterocycles. The first-order valence-electron chi connectivity index (χ1n) is 5.97. The standard InChI is InChI=1S/C12H13IN4O/c13-7-5-17(8-3-1-2-4-9(8)18)12-10(7)11(14)15-6-16-12/h5-6,8H,1-4H2,(H2,14,15,16). The molecule has 1 unspecified atom stereocenters. The molecule has 1 atom stereocenters. The number of nitrogen functional groups attached to an aromatic ring is 1. The van der Waals surface area contributed by atoms with Crippen molar-refractivity contribution >= 4 is 45.2 Å². The van der Waals surface area contributed by atoms with E-state index in [1.165, 1.54) is 6.33 Å². The molecular weight excluding hydrogens is 343 g/mol. The van der Waals surface area contributed by atoms with Gasteiger partial charge in [0.2, 0.25) is 0 Å². The number of carbonyl (C=O) groups is 1. The van der Waals surface area contributed by atoms with Crippen molar-refractivity contribution in [3.05, 3.63) is 16.1 Å². The SMILES string of the molecule is Nc1ncnc2c1c(I)cn2C1CCCCC1=O. The zero-order valence-electron chi connectivity index (χ0n) is 9.77. The fourth-order valence-electron chi connectivity index (χ4n) is 2.56. The van der Waals surface area contributed by atoms with Crippen LogP contribution in [0, 0.1) is 3.57 Å². The average Bonchev–Trinajstić information content (AvgIpc) is 2.69. The van der Waals surface area contributed by atoms with Gasteiger partial charge in [0.15, 0.2) is 5.78 Å². The third-order valence-electron chi connectivity index (χ3n) is 3.45. The summed E-state index contributed by atoms with van der Waals surface area (Å²) in [4.78, 5) is 20.3. The Bertz CT molecular complexity index is 622. The highest BCUT2D eigenvalue weighted by molar-refractivity contribution is 14.1. The maximum absolute atomic E-state index is 12.0. The molecule has 2 N–H and O–H groups in total. The average molecular weight is 356 g/mol. The highest BCUT2D eigenvalue weighted by Crippen LogP contribution is 2.32. The molecule has 0 amide bonds. The van der Waals surface area contributed by atoms with Gasteiger partial charge in [0.05, 0.1) is 11.4 Å². The van der Waals surface area contributed by atoms with Crippen LogP contribution in [-0.2, 0) is 4.79 Å². The van der Waals surface area contributed by atoms with E-state index in [-0.39, 0.29) is 6.04 Å². The molecule has 1 aliphatic carbocycles. The van der Waals surface area contributed by atoms with Crippen LogP contribution >= 0.6 is 22.6 Å². The quantitative estimate of drug-likeness (QED) is 0.796. The van der Waals surface area contributed by atoms with Crippen LogP contribution in [0.5, 0.6) is 0 Å². The Balaban J connectivity index is 2.18. The Hall–Kier alpha value is -1.18.